The van der Waals surface area contributed by atoms with Crippen molar-refractivity contribution in [3.63, 3.8) is 0 Å². The van der Waals surface area contributed by atoms with Crippen LogP contribution in [0.4, 0.5) is 5.82 Å². The third-order valence-corrected chi connectivity index (χ3v) is 9.57. The highest BCUT2D eigenvalue weighted by Gasteiger charge is 2.21. The predicted octanol–water partition coefficient (Wildman–Crippen LogP) is 8.54. The maximum atomic E-state index is 6.14. The minimum absolute atomic E-state index is 0.762. The number of benzene rings is 3. The first-order valence-corrected chi connectivity index (χ1v) is 15.5. The average molecular weight is 548 g/mol. The minimum atomic E-state index is 0.762. The molecule has 4 aromatic rings. The fourth-order valence-electron chi connectivity index (χ4n) is 7.02. The van der Waals surface area contributed by atoms with Crippen LogP contribution >= 0.6 is 11.6 Å². The van der Waals surface area contributed by atoms with Crippen LogP contribution in [0.5, 0.6) is 0 Å². The Bertz CT molecular complexity index is 1640. The van der Waals surface area contributed by atoms with Crippen molar-refractivity contribution in [3.8, 4) is 0 Å². The second-order valence-electron chi connectivity index (χ2n) is 11.8. The Balaban J connectivity index is 0.939. The SMILES string of the molecule is Cc1cc2c3c(ccc2cc1CCCCN1CCN(c2ccc4cc(Cl)ccc4n2)CC1)C1=C(CCC=C1)CC3. The van der Waals surface area contributed by atoms with Crippen LogP contribution in [-0.2, 0) is 12.8 Å². The molecule has 40 heavy (non-hydrogen) atoms. The molecule has 1 aromatic heterocycles. The van der Waals surface area contributed by atoms with Crippen molar-refractivity contribution in [2.45, 2.75) is 51.9 Å². The summed E-state index contributed by atoms with van der Waals surface area (Å²) in [6, 6.07) is 19.9. The monoisotopic (exact) mass is 547 g/mol. The van der Waals surface area contributed by atoms with Crippen LogP contribution in [0.25, 0.3) is 27.2 Å². The summed E-state index contributed by atoms with van der Waals surface area (Å²) in [7, 11) is 0. The highest BCUT2D eigenvalue weighted by molar-refractivity contribution is 6.31. The molecule has 0 saturated carbocycles. The summed E-state index contributed by atoms with van der Waals surface area (Å²) < 4.78 is 0. The lowest BCUT2D eigenvalue weighted by Crippen LogP contribution is -2.46. The Morgan fingerprint density at radius 2 is 1.73 bits per heavy atom. The van der Waals surface area contributed by atoms with E-state index < -0.39 is 0 Å². The molecule has 4 heteroatoms. The number of fused-ring (bicyclic) bond motifs is 5. The lowest BCUT2D eigenvalue weighted by molar-refractivity contribution is 0.252. The number of pyridine rings is 1. The number of hydrogen-bond acceptors (Lipinski definition) is 3. The van der Waals surface area contributed by atoms with Gasteiger partial charge in [0.1, 0.15) is 5.82 Å². The Hall–Kier alpha value is -3.14. The highest BCUT2D eigenvalue weighted by Crippen LogP contribution is 2.40. The molecule has 0 bridgehead atoms. The summed E-state index contributed by atoms with van der Waals surface area (Å²) in [5.74, 6) is 1.08. The minimum Gasteiger partial charge on any atom is -0.354 e. The van der Waals surface area contributed by atoms with Gasteiger partial charge in [0.15, 0.2) is 0 Å². The molecular formula is C36H38ClN3. The zero-order chi connectivity index (χ0) is 27.1. The third-order valence-electron chi connectivity index (χ3n) is 9.34. The van der Waals surface area contributed by atoms with Gasteiger partial charge in [0.05, 0.1) is 5.52 Å². The molecule has 3 aliphatic rings. The van der Waals surface area contributed by atoms with Gasteiger partial charge in [-0.25, -0.2) is 4.98 Å². The lowest BCUT2D eigenvalue weighted by Gasteiger charge is -2.35. The van der Waals surface area contributed by atoms with Crippen molar-refractivity contribution in [2.75, 3.05) is 37.6 Å². The zero-order valence-electron chi connectivity index (χ0n) is 23.6. The van der Waals surface area contributed by atoms with Crippen LogP contribution in [-0.4, -0.2) is 42.6 Å². The molecule has 3 nitrogen and oxygen atoms in total. The van der Waals surface area contributed by atoms with E-state index in [0.29, 0.717) is 0 Å². The van der Waals surface area contributed by atoms with E-state index in [1.54, 1.807) is 11.1 Å². The Morgan fingerprint density at radius 3 is 2.62 bits per heavy atom. The Morgan fingerprint density at radius 1 is 0.850 bits per heavy atom. The molecule has 0 unspecified atom stereocenters. The molecule has 0 radical (unpaired) electrons. The Kier molecular flexibility index (Phi) is 7.11. The molecule has 0 amide bonds. The van der Waals surface area contributed by atoms with Crippen molar-refractivity contribution >= 4 is 44.7 Å². The van der Waals surface area contributed by atoms with Crippen molar-refractivity contribution in [3.05, 3.63) is 99.6 Å². The number of allylic oxidation sites excluding steroid dienone is 4. The fraction of sp³-hybridized carbons (Fsp3) is 0.361. The van der Waals surface area contributed by atoms with Crippen molar-refractivity contribution in [2.24, 2.45) is 0 Å². The average Bonchev–Trinajstić information content (AvgIpc) is 2.99. The summed E-state index contributed by atoms with van der Waals surface area (Å²) in [6.07, 6.45) is 13.3. The number of rotatable bonds is 6. The first kappa shape index (κ1) is 25.8. The van der Waals surface area contributed by atoms with Gasteiger partial charge >= 0.3 is 0 Å². The van der Waals surface area contributed by atoms with Gasteiger partial charge in [-0.2, -0.15) is 0 Å². The van der Waals surface area contributed by atoms with E-state index >= 15 is 0 Å². The summed E-state index contributed by atoms with van der Waals surface area (Å²) >= 11 is 6.14. The molecule has 0 spiro atoms. The lowest BCUT2D eigenvalue weighted by atomic mass is 9.79. The number of hydrogen-bond donors (Lipinski definition) is 0. The highest BCUT2D eigenvalue weighted by atomic mass is 35.5. The van der Waals surface area contributed by atoms with E-state index in [9.17, 15) is 0 Å². The number of anilines is 1. The maximum absolute atomic E-state index is 6.14. The van der Waals surface area contributed by atoms with Crippen molar-refractivity contribution in [1.82, 2.24) is 9.88 Å². The largest absolute Gasteiger partial charge is 0.354 e. The second kappa shape index (κ2) is 11.0. The van der Waals surface area contributed by atoms with Gasteiger partial charge in [-0.05, 0) is 127 Å². The molecule has 3 aromatic carbocycles. The number of nitrogens with zero attached hydrogens (tertiary/aromatic N) is 3. The van der Waals surface area contributed by atoms with Gasteiger partial charge in [0.2, 0.25) is 0 Å². The van der Waals surface area contributed by atoms with Gasteiger partial charge in [-0.1, -0.05) is 53.6 Å². The van der Waals surface area contributed by atoms with Crippen LogP contribution in [0.1, 0.15) is 54.4 Å². The summed E-state index contributed by atoms with van der Waals surface area (Å²) in [6.45, 7) is 7.78. The first-order valence-electron chi connectivity index (χ1n) is 15.1. The first-order chi connectivity index (χ1) is 19.6. The van der Waals surface area contributed by atoms with Gasteiger partial charge in [-0.3, -0.25) is 4.90 Å². The van der Waals surface area contributed by atoms with Crippen LogP contribution in [0, 0.1) is 6.92 Å². The van der Waals surface area contributed by atoms with E-state index in [1.165, 1.54) is 84.5 Å². The van der Waals surface area contributed by atoms with Gasteiger partial charge < -0.3 is 4.90 Å². The van der Waals surface area contributed by atoms with Gasteiger partial charge in [0.25, 0.3) is 0 Å². The number of aryl methyl sites for hydroxylation is 3. The summed E-state index contributed by atoms with van der Waals surface area (Å²) in [4.78, 5) is 9.93. The molecule has 1 saturated heterocycles. The van der Waals surface area contributed by atoms with Crippen LogP contribution in [0.3, 0.4) is 0 Å². The molecule has 2 heterocycles. The number of aromatic nitrogens is 1. The zero-order valence-corrected chi connectivity index (χ0v) is 24.3. The number of unbranched alkanes of at least 4 members (excludes halogenated alkanes) is 1. The normalized spacial score (nSPS) is 17.5. The predicted molar refractivity (Wildman–Crippen MR) is 171 cm³/mol. The van der Waals surface area contributed by atoms with Crippen LogP contribution in [0.2, 0.25) is 5.02 Å². The summed E-state index contributed by atoms with van der Waals surface area (Å²) in [5, 5.41) is 4.76. The van der Waals surface area contributed by atoms with E-state index in [4.69, 9.17) is 16.6 Å². The Labute approximate surface area is 243 Å². The molecule has 1 fully saturated rings. The smallest absolute Gasteiger partial charge is 0.129 e. The molecule has 1 aliphatic heterocycles. The van der Waals surface area contributed by atoms with Gasteiger partial charge in [0, 0.05) is 36.6 Å². The molecule has 204 valence electrons. The molecular weight excluding hydrogens is 510 g/mol. The van der Waals surface area contributed by atoms with Gasteiger partial charge in [-0.15, -0.1) is 0 Å². The second-order valence-corrected chi connectivity index (χ2v) is 12.3. The summed E-state index contributed by atoms with van der Waals surface area (Å²) in [5.41, 5.74) is 10.2. The molecule has 2 aliphatic carbocycles. The third kappa shape index (κ3) is 5.06. The van der Waals surface area contributed by atoms with E-state index in [1.807, 2.05) is 18.2 Å². The maximum Gasteiger partial charge on any atom is 0.129 e. The molecule has 0 N–H and O–H groups in total. The molecule has 7 rings (SSSR count). The quantitative estimate of drug-likeness (QED) is 0.225. The van der Waals surface area contributed by atoms with Crippen molar-refractivity contribution in [1.29, 1.82) is 0 Å². The topological polar surface area (TPSA) is 19.4 Å². The van der Waals surface area contributed by atoms with E-state index in [0.717, 1.165) is 47.9 Å². The molecule has 0 atom stereocenters. The number of piperazine rings is 1. The standard InChI is InChI=1S/C36H38ClN3/c1-25-22-34-28(10-14-32-31-8-3-2-6-26(31)9-13-33(32)34)23-27(25)7-4-5-17-39-18-20-40(21-19-39)36-16-11-29-24-30(37)12-15-35(29)38-36/h3,8,10-12,14-16,22-24H,2,4-7,9,13,17-21H2,1H3. The van der Waals surface area contributed by atoms with E-state index in [-0.39, 0.29) is 0 Å². The van der Waals surface area contributed by atoms with Crippen molar-refractivity contribution < 1.29 is 0 Å². The fourth-order valence-corrected chi connectivity index (χ4v) is 7.20. The van der Waals surface area contributed by atoms with E-state index in [2.05, 4.69) is 65.3 Å². The van der Waals surface area contributed by atoms with Crippen LogP contribution in [0.15, 0.2) is 72.3 Å². The number of halogens is 1. The van der Waals surface area contributed by atoms with Crippen LogP contribution < -0.4 is 4.90 Å².